The molecule has 2 aliphatic rings. The lowest BCUT2D eigenvalue weighted by Crippen LogP contribution is -2.61. The standard InChI is InChI=1S/C18H25F2N3O2/c19-18(20,17(25)6-3-7-17)16(24)22-11-15-5-2-9-23(13-15)12-14-4-1-8-21-10-14/h1,4,8,10,15,25H,2-3,5-7,9,11-13H2,(H,22,24). The lowest BCUT2D eigenvalue weighted by molar-refractivity contribution is -0.216. The van der Waals surface area contributed by atoms with Crippen molar-refractivity contribution in [1.29, 1.82) is 0 Å². The van der Waals surface area contributed by atoms with Crippen LogP contribution in [0.2, 0.25) is 0 Å². The van der Waals surface area contributed by atoms with Gasteiger partial charge in [0.05, 0.1) is 0 Å². The Hall–Kier alpha value is -1.60. The first-order valence-corrected chi connectivity index (χ1v) is 8.90. The minimum Gasteiger partial charge on any atom is -0.383 e. The number of alkyl halides is 2. The highest BCUT2D eigenvalue weighted by molar-refractivity contribution is 5.85. The van der Waals surface area contributed by atoms with Crippen LogP contribution in [0.25, 0.3) is 0 Å². The smallest absolute Gasteiger partial charge is 0.352 e. The van der Waals surface area contributed by atoms with Crippen LogP contribution in [0.1, 0.15) is 37.7 Å². The molecule has 1 saturated carbocycles. The van der Waals surface area contributed by atoms with Gasteiger partial charge in [0.25, 0.3) is 5.91 Å². The molecule has 3 rings (SSSR count). The maximum Gasteiger partial charge on any atom is 0.352 e. The second kappa shape index (κ2) is 7.33. The second-order valence-corrected chi connectivity index (χ2v) is 7.27. The van der Waals surface area contributed by atoms with Gasteiger partial charge in [0, 0.05) is 32.0 Å². The van der Waals surface area contributed by atoms with E-state index in [1.807, 2.05) is 18.3 Å². The van der Waals surface area contributed by atoms with Crippen LogP contribution in [0.4, 0.5) is 8.78 Å². The Morgan fingerprint density at radius 1 is 1.44 bits per heavy atom. The maximum absolute atomic E-state index is 14.1. The number of nitrogens with one attached hydrogen (secondary N) is 1. The van der Waals surface area contributed by atoms with E-state index in [1.165, 1.54) is 0 Å². The molecular weight excluding hydrogens is 328 g/mol. The zero-order valence-electron chi connectivity index (χ0n) is 14.3. The van der Waals surface area contributed by atoms with Gasteiger partial charge in [-0.1, -0.05) is 6.07 Å². The predicted molar refractivity (Wildman–Crippen MR) is 89.0 cm³/mol. The molecule has 1 saturated heterocycles. The molecule has 0 spiro atoms. The Morgan fingerprint density at radius 2 is 2.24 bits per heavy atom. The Balaban J connectivity index is 1.48. The minimum absolute atomic E-state index is 0.0181. The number of carbonyl (C=O) groups is 1. The van der Waals surface area contributed by atoms with Crippen LogP contribution in [-0.4, -0.2) is 52.1 Å². The van der Waals surface area contributed by atoms with Crippen molar-refractivity contribution in [1.82, 2.24) is 15.2 Å². The molecule has 7 heteroatoms. The van der Waals surface area contributed by atoms with Gasteiger partial charge in [-0.25, -0.2) is 0 Å². The minimum atomic E-state index is -3.71. The molecule has 0 aromatic carbocycles. The lowest BCUT2D eigenvalue weighted by Gasteiger charge is -2.41. The van der Waals surface area contributed by atoms with Gasteiger partial charge in [-0.3, -0.25) is 14.7 Å². The molecule has 1 unspecified atom stereocenters. The number of nitrogens with zero attached hydrogens (tertiary/aromatic N) is 2. The third-order valence-corrected chi connectivity index (χ3v) is 5.33. The van der Waals surface area contributed by atoms with Gasteiger partial charge in [0.15, 0.2) is 0 Å². The molecular formula is C18H25F2N3O2. The van der Waals surface area contributed by atoms with E-state index in [9.17, 15) is 18.7 Å². The largest absolute Gasteiger partial charge is 0.383 e. The Morgan fingerprint density at radius 3 is 2.88 bits per heavy atom. The van der Waals surface area contributed by atoms with Crippen molar-refractivity contribution < 1.29 is 18.7 Å². The van der Waals surface area contributed by atoms with E-state index in [2.05, 4.69) is 15.2 Å². The molecule has 0 radical (unpaired) electrons. The number of pyridine rings is 1. The Bertz CT molecular complexity index is 593. The number of aliphatic hydroxyl groups is 1. The third kappa shape index (κ3) is 3.98. The summed E-state index contributed by atoms with van der Waals surface area (Å²) in [6.45, 7) is 2.70. The molecule has 2 N–H and O–H groups in total. The molecule has 0 bridgehead atoms. The molecule has 1 amide bonds. The van der Waals surface area contributed by atoms with E-state index in [1.54, 1.807) is 6.20 Å². The molecule has 1 atom stereocenters. The molecule has 1 aliphatic heterocycles. The van der Waals surface area contributed by atoms with E-state index in [4.69, 9.17) is 0 Å². The highest BCUT2D eigenvalue weighted by Gasteiger charge is 2.61. The fourth-order valence-electron chi connectivity index (χ4n) is 3.60. The molecule has 25 heavy (non-hydrogen) atoms. The summed E-state index contributed by atoms with van der Waals surface area (Å²) in [5, 5.41) is 12.2. The number of amides is 1. The summed E-state index contributed by atoms with van der Waals surface area (Å²) in [5.74, 6) is -4.92. The summed E-state index contributed by atoms with van der Waals surface area (Å²) in [5.41, 5.74) is -1.04. The molecule has 2 fully saturated rings. The number of carbonyl (C=O) groups excluding carboxylic acids is 1. The number of rotatable bonds is 6. The van der Waals surface area contributed by atoms with Crippen molar-refractivity contribution in [2.75, 3.05) is 19.6 Å². The summed E-state index contributed by atoms with van der Waals surface area (Å²) in [6, 6.07) is 3.91. The van der Waals surface area contributed by atoms with Crippen LogP contribution in [0, 0.1) is 5.92 Å². The average Bonchev–Trinajstić information content (AvgIpc) is 2.58. The van der Waals surface area contributed by atoms with E-state index in [0.29, 0.717) is 6.42 Å². The van der Waals surface area contributed by atoms with Gasteiger partial charge < -0.3 is 10.4 Å². The van der Waals surface area contributed by atoms with Gasteiger partial charge in [-0.15, -0.1) is 0 Å². The molecule has 1 aliphatic carbocycles. The molecule has 2 heterocycles. The van der Waals surface area contributed by atoms with E-state index < -0.39 is 17.4 Å². The van der Waals surface area contributed by atoms with Gasteiger partial charge in [0.1, 0.15) is 5.60 Å². The lowest BCUT2D eigenvalue weighted by atomic mass is 9.75. The van der Waals surface area contributed by atoms with Crippen molar-refractivity contribution >= 4 is 5.91 Å². The zero-order valence-corrected chi connectivity index (χ0v) is 14.3. The van der Waals surface area contributed by atoms with Crippen molar-refractivity contribution in [2.24, 2.45) is 5.92 Å². The number of hydrogen-bond donors (Lipinski definition) is 2. The van der Waals surface area contributed by atoms with Crippen LogP contribution in [0.15, 0.2) is 24.5 Å². The fraction of sp³-hybridized carbons (Fsp3) is 0.667. The topological polar surface area (TPSA) is 65.5 Å². The van der Waals surface area contributed by atoms with E-state index >= 15 is 0 Å². The van der Waals surface area contributed by atoms with Gasteiger partial charge >= 0.3 is 5.92 Å². The number of piperidine rings is 1. The first-order chi connectivity index (χ1) is 11.9. The fourth-order valence-corrected chi connectivity index (χ4v) is 3.60. The van der Waals surface area contributed by atoms with Crippen LogP contribution in [0.3, 0.4) is 0 Å². The SMILES string of the molecule is O=C(NCC1CCCN(Cc2cccnc2)C1)C(F)(F)C1(O)CCC1. The van der Waals surface area contributed by atoms with Crippen LogP contribution >= 0.6 is 0 Å². The van der Waals surface area contributed by atoms with Crippen molar-refractivity contribution in [3.63, 3.8) is 0 Å². The van der Waals surface area contributed by atoms with Crippen molar-refractivity contribution in [3.8, 4) is 0 Å². The third-order valence-electron chi connectivity index (χ3n) is 5.33. The molecule has 1 aromatic heterocycles. The van der Waals surface area contributed by atoms with Gasteiger partial charge in [-0.2, -0.15) is 8.78 Å². The summed E-state index contributed by atoms with van der Waals surface area (Å²) < 4.78 is 28.2. The van der Waals surface area contributed by atoms with Crippen molar-refractivity contribution in [3.05, 3.63) is 30.1 Å². The Labute approximate surface area is 146 Å². The average molecular weight is 353 g/mol. The number of aromatic nitrogens is 1. The maximum atomic E-state index is 14.1. The molecule has 5 nitrogen and oxygen atoms in total. The van der Waals surface area contributed by atoms with Crippen LogP contribution in [-0.2, 0) is 11.3 Å². The highest BCUT2D eigenvalue weighted by Crippen LogP contribution is 2.44. The van der Waals surface area contributed by atoms with Gasteiger partial charge in [-0.05, 0) is 56.2 Å². The highest BCUT2D eigenvalue weighted by atomic mass is 19.3. The normalized spacial score (nSPS) is 23.7. The zero-order chi connectivity index (χ0) is 17.9. The second-order valence-electron chi connectivity index (χ2n) is 7.27. The Kier molecular flexibility index (Phi) is 5.34. The van der Waals surface area contributed by atoms with Gasteiger partial charge in [0.2, 0.25) is 0 Å². The van der Waals surface area contributed by atoms with E-state index in [0.717, 1.165) is 38.0 Å². The van der Waals surface area contributed by atoms with Crippen LogP contribution < -0.4 is 5.32 Å². The number of hydrogen-bond acceptors (Lipinski definition) is 4. The molecule has 138 valence electrons. The molecule has 1 aromatic rings. The predicted octanol–water partition coefficient (Wildman–Crippen LogP) is 1.96. The van der Waals surface area contributed by atoms with Crippen molar-refractivity contribution in [2.45, 2.75) is 50.2 Å². The van der Waals surface area contributed by atoms with E-state index in [-0.39, 0.29) is 25.3 Å². The first kappa shape index (κ1) is 18.2. The summed E-state index contributed by atoms with van der Waals surface area (Å²) in [7, 11) is 0. The first-order valence-electron chi connectivity index (χ1n) is 8.90. The number of likely N-dealkylation sites (tertiary alicyclic amines) is 1. The quantitative estimate of drug-likeness (QED) is 0.821. The van der Waals surface area contributed by atoms with Crippen LogP contribution in [0.5, 0.6) is 0 Å². The summed E-state index contributed by atoms with van der Waals surface area (Å²) >= 11 is 0. The summed E-state index contributed by atoms with van der Waals surface area (Å²) in [6.07, 6.45) is 5.93. The monoisotopic (exact) mass is 353 g/mol. The summed E-state index contributed by atoms with van der Waals surface area (Å²) in [4.78, 5) is 18.2. The number of halogens is 2.